The van der Waals surface area contributed by atoms with Gasteiger partial charge in [-0.3, -0.25) is 4.98 Å². The molecule has 0 atom stereocenters. The van der Waals surface area contributed by atoms with E-state index < -0.39 is 0 Å². The Hall–Kier alpha value is -0.850. The molecule has 1 aromatic rings. The Morgan fingerprint density at radius 1 is 1.08 bits per heavy atom. The summed E-state index contributed by atoms with van der Waals surface area (Å²) < 4.78 is 0. The Labute approximate surface area is 81.2 Å². The van der Waals surface area contributed by atoms with Crippen molar-refractivity contribution in [3.63, 3.8) is 0 Å². The number of hydrogen-bond donors (Lipinski definition) is 0. The van der Waals surface area contributed by atoms with Gasteiger partial charge in [-0.2, -0.15) is 0 Å². The molecular weight excluding hydrogens is 158 g/mol. The molecule has 0 amide bonds. The minimum atomic E-state index is 1.24. The van der Waals surface area contributed by atoms with Gasteiger partial charge in [0, 0.05) is 11.9 Å². The van der Waals surface area contributed by atoms with Crippen molar-refractivity contribution in [2.75, 3.05) is 0 Å². The number of pyridine rings is 1. The second-order valence-corrected chi connectivity index (χ2v) is 3.34. The monoisotopic (exact) mass is 177 g/mol. The molecule has 1 aromatic heterocycles. The van der Waals surface area contributed by atoms with Crippen LogP contribution in [0.4, 0.5) is 0 Å². The van der Waals surface area contributed by atoms with Crippen LogP contribution in [0.25, 0.3) is 0 Å². The predicted molar refractivity (Wildman–Crippen MR) is 57.1 cm³/mol. The lowest BCUT2D eigenvalue weighted by molar-refractivity contribution is 0.906. The quantitative estimate of drug-likeness (QED) is 0.593. The second-order valence-electron chi connectivity index (χ2n) is 3.34. The maximum atomic E-state index is 4.35. The fourth-order valence-electron chi connectivity index (χ4n) is 1.93. The van der Waals surface area contributed by atoms with Crippen LogP contribution in [0.5, 0.6) is 0 Å². The largest absolute Gasteiger partial charge is 0.261 e. The zero-order valence-electron chi connectivity index (χ0n) is 9.15. The first-order valence-corrected chi connectivity index (χ1v) is 5.23. The third kappa shape index (κ3) is 1.90. The van der Waals surface area contributed by atoms with Gasteiger partial charge in [0.1, 0.15) is 0 Å². The molecule has 0 unspecified atom stereocenters. The summed E-state index contributed by atoms with van der Waals surface area (Å²) in [4.78, 5) is 4.35. The van der Waals surface area contributed by atoms with Crippen LogP contribution in [0.2, 0.25) is 0 Å². The van der Waals surface area contributed by atoms with Crippen molar-refractivity contribution < 1.29 is 0 Å². The van der Waals surface area contributed by atoms with Gasteiger partial charge in [0.25, 0.3) is 0 Å². The van der Waals surface area contributed by atoms with Gasteiger partial charge in [0.05, 0.1) is 0 Å². The minimum absolute atomic E-state index is 1.24. The summed E-state index contributed by atoms with van der Waals surface area (Å²) >= 11 is 0. The molecule has 1 nitrogen and oxygen atoms in total. The molecule has 0 saturated carbocycles. The summed E-state index contributed by atoms with van der Waals surface area (Å²) in [6, 6.07) is 0. The van der Waals surface area contributed by atoms with Gasteiger partial charge in [0.15, 0.2) is 0 Å². The molecule has 1 heteroatoms. The van der Waals surface area contributed by atoms with Crippen molar-refractivity contribution in [3.8, 4) is 0 Å². The number of aryl methyl sites for hydroxylation is 2. The van der Waals surface area contributed by atoms with E-state index in [9.17, 15) is 0 Å². The maximum absolute atomic E-state index is 4.35. The highest BCUT2D eigenvalue weighted by Crippen LogP contribution is 2.25. The lowest BCUT2D eigenvalue weighted by atomic mass is 10.1. The minimum Gasteiger partial charge on any atom is -0.261 e. The normalized spacial score (nSPS) is 13.2. The molecular formula is C12H19N. The smallest absolute Gasteiger partial charge is 0.0407 e. The molecule has 0 radical (unpaired) electrons. The molecule has 72 valence electrons. The Bertz CT molecular complexity index is 260. The summed E-state index contributed by atoms with van der Waals surface area (Å²) in [5.41, 5.74) is 5.70. The molecule has 0 aromatic carbocycles. The van der Waals surface area contributed by atoms with E-state index in [0.29, 0.717) is 0 Å². The van der Waals surface area contributed by atoms with Crippen LogP contribution in [0.15, 0.2) is 6.20 Å². The summed E-state index contributed by atoms with van der Waals surface area (Å²) in [5, 5.41) is 0. The molecule has 1 aliphatic rings. The molecule has 0 N–H and O–H groups in total. The van der Waals surface area contributed by atoms with Crippen LogP contribution in [0.1, 0.15) is 42.7 Å². The van der Waals surface area contributed by atoms with Crippen molar-refractivity contribution in [2.24, 2.45) is 0 Å². The summed E-state index contributed by atoms with van der Waals surface area (Å²) in [6.07, 6.45) is 5.84. The van der Waals surface area contributed by atoms with E-state index in [2.05, 4.69) is 18.8 Å². The SMILES string of the molecule is CC.Cc1cnc(C)c2c1CCC2. The molecule has 1 heterocycles. The van der Waals surface area contributed by atoms with Crippen LogP contribution >= 0.6 is 0 Å². The molecule has 0 fully saturated rings. The Morgan fingerprint density at radius 2 is 1.69 bits per heavy atom. The maximum Gasteiger partial charge on any atom is 0.0407 e. The lowest BCUT2D eigenvalue weighted by Gasteiger charge is -2.04. The standard InChI is InChI=1S/C10H13N.C2H6/c1-7-6-11-8(2)10-5-3-4-9(7)10;1-2/h6H,3-5H2,1-2H3;1-2H3. The first-order chi connectivity index (χ1) is 6.29. The van der Waals surface area contributed by atoms with Gasteiger partial charge >= 0.3 is 0 Å². The molecule has 13 heavy (non-hydrogen) atoms. The number of rotatable bonds is 0. The van der Waals surface area contributed by atoms with Gasteiger partial charge in [-0.05, 0) is 49.8 Å². The van der Waals surface area contributed by atoms with Gasteiger partial charge in [-0.15, -0.1) is 0 Å². The molecule has 2 rings (SSSR count). The van der Waals surface area contributed by atoms with E-state index in [0.717, 1.165) is 0 Å². The van der Waals surface area contributed by atoms with Gasteiger partial charge in [-0.25, -0.2) is 0 Å². The van der Waals surface area contributed by atoms with E-state index in [1.54, 1.807) is 5.56 Å². The third-order valence-corrected chi connectivity index (χ3v) is 2.58. The van der Waals surface area contributed by atoms with Crippen molar-refractivity contribution in [1.82, 2.24) is 4.98 Å². The van der Waals surface area contributed by atoms with Gasteiger partial charge in [-0.1, -0.05) is 13.8 Å². The first-order valence-electron chi connectivity index (χ1n) is 5.23. The Kier molecular flexibility index (Phi) is 3.47. The van der Waals surface area contributed by atoms with Crippen LogP contribution in [0.3, 0.4) is 0 Å². The van der Waals surface area contributed by atoms with E-state index in [-0.39, 0.29) is 0 Å². The molecule has 0 aliphatic heterocycles. The van der Waals surface area contributed by atoms with Crippen LogP contribution in [0, 0.1) is 13.8 Å². The van der Waals surface area contributed by atoms with Crippen molar-refractivity contribution in [3.05, 3.63) is 28.6 Å². The van der Waals surface area contributed by atoms with Crippen molar-refractivity contribution in [2.45, 2.75) is 47.0 Å². The third-order valence-electron chi connectivity index (χ3n) is 2.58. The summed E-state index contributed by atoms with van der Waals surface area (Å²) in [7, 11) is 0. The summed E-state index contributed by atoms with van der Waals surface area (Å²) in [6.45, 7) is 8.28. The topological polar surface area (TPSA) is 12.9 Å². The zero-order chi connectivity index (χ0) is 9.84. The number of nitrogens with zero attached hydrogens (tertiary/aromatic N) is 1. The average Bonchev–Trinajstić information content (AvgIpc) is 2.64. The van der Waals surface area contributed by atoms with Crippen LogP contribution in [-0.2, 0) is 12.8 Å². The first kappa shape index (κ1) is 10.2. The fraction of sp³-hybridized carbons (Fsp3) is 0.583. The molecule has 0 spiro atoms. The van der Waals surface area contributed by atoms with Crippen molar-refractivity contribution in [1.29, 1.82) is 0 Å². The van der Waals surface area contributed by atoms with E-state index in [1.807, 2.05) is 20.0 Å². The lowest BCUT2D eigenvalue weighted by Crippen LogP contribution is -1.94. The van der Waals surface area contributed by atoms with E-state index in [1.165, 1.54) is 36.1 Å². The van der Waals surface area contributed by atoms with E-state index >= 15 is 0 Å². The highest BCUT2D eigenvalue weighted by molar-refractivity contribution is 5.38. The number of fused-ring (bicyclic) bond motifs is 1. The molecule has 1 aliphatic carbocycles. The predicted octanol–water partition coefficient (Wildman–Crippen LogP) is 3.21. The van der Waals surface area contributed by atoms with Crippen LogP contribution in [-0.4, -0.2) is 4.98 Å². The van der Waals surface area contributed by atoms with Gasteiger partial charge < -0.3 is 0 Å². The van der Waals surface area contributed by atoms with Crippen LogP contribution < -0.4 is 0 Å². The summed E-state index contributed by atoms with van der Waals surface area (Å²) in [5.74, 6) is 0. The van der Waals surface area contributed by atoms with E-state index in [4.69, 9.17) is 0 Å². The second kappa shape index (κ2) is 4.40. The van der Waals surface area contributed by atoms with Gasteiger partial charge in [0.2, 0.25) is 0 Å². The Morgan fingerprint density at radius 3 is 2.31 bits per heavy atom. The average molecular weight is 177 g/mol. The van der Waals surface area contributed by atoms with Crippen molar-refractivity contribution >= 4 is 0 Å². The fourth-order valence-corrected chi connectivity index (χ4v) is 1.93. The Balaban J connectivity index is 0.000000396. The highest BCUT2D eigenvalue weighted by Gasteiger charge is 2.15. The molecule has 0 saturated heterocycles. The number of hydrogen-bond acceptors (Lipinski definition) is 1. The molecule has 0 bridgehead atoms. The highest BCUT2D eigenvalue weighted by atomic mass is 14.7. The zero-order valence-corrected chi connectivity index (χ0v) is 9.15. The number of aromatic nitrogens is 1.